The van der Waals surface area contributed by atoms with Crippen molar-refractivity contribution in [2.75, 3.05) is 17.1 Å². The third-order valence-electron chi connectivity index (χ3n) is 4.90. The average molecular weight is 482 g/mol. The predicted molar refractivity (Wildman–Crippen MR) is 125 cm³/mol. The Balaban J connectivity index is 1.50. The normalized spacial score (nSPS) is 11.1. The molecule has 0 atom stereocenters. The van der Waals surface area contributed by atoms with Crippen LogP contribution in [0.3, 0.4) is 0 Å². The number of carbonyl (C=O) groups is 1. The van der Waals surface area contributed by atoms with E-state index in [-0.39, 0.29) is 22.1 Å². The Hall–Kier alpha value is -4.25. The molecule has 9 nitrogen and oxygen atoms in total. The number of aryl methyl sites for hydroxylation is 1. The van der Waals surface area contributed by atoms with Crippen molar-refractivity contribution in [3.63, 3.8) is 0 Å². The lowest BCUT2D eigenvalue weighted by Gasteiger charge is -2.10. The van der Waals surface area contributed by atoms with Gasteiger partial charge in [0.2, 0.25) is 5.95 Å². The molecule has 0 radical (unpaired) electrons. The zero-order valence-corrected chi connectivity index (χ0v) is 19.0. The molecule has 0 fully saturated rings. The summed E-state index contributed by atoms with van der Waals surface area (Å²) in [6.45, 7) is 1.54. The molecule has 1 aromatic heterocycles. The fourth-order valence-electron chi connectivity index (χ4n) is 3.13. The number of ether oxygens (including phenoxy) is 1. The van der Waals surface area contributed by atoms with E-state index in [0.29, 0.717) is 22.7 Å². The molecule has 0 aliphatic carbocycles. The molecule has 0 saturated heterocycles. The number of benzene rings is 3. The van der Waals surface area contributed by atoms with Gasteiger partial charge in [0.1, 0.15) is 11.6 Å². The minimum absolute atomic E-state index is 0.0343. The number of methoxy groups -OCH3 is 1. The molecule has 0 aliphatic rings. The van der Waals surface area contributed by atoms with E-state index in [9.17, 15) is 17.6 Å². The quantitative estimate of drug-likeness (QED) is 0.367. The van der Waals surface area contributed by atoms with Crippen LogP contribution in [0.5, 0.6) is 5.75 Å². The highest BCUT2D eigenvalue weighted by Crippen LogP contribution is 2.27. The van der Waals surface area contributed by atoms with Gasteiger partial charge in [0.15, 0.2) is 5.82 Å². The largest absolute Gasteiger partial charge is 0.496 e. The Labute approximate surface area is 195 Å². The van der Waals surface area contributed by atoms with E-state index < -0.39 is 21.7 Å². The van der Waals surface area contributed by atoms with Crippen molar-refractivity contribution in [1.82, 2.24) is 15.2 Å². The summed E-state index contributed by atoms with van der Waals surface area (Å²) in [5.74, 6) is -0.153. The molecular weight excluding hydrogens is 461 g/mol. The van der Waals surface area contributed by atoms with Crippen LogP contribution in [0.2, 0.25) is 0 Å². The van der Waals surface area contributed by atoms with Gasteiger partial charge in [0, 0.05) is 11.3 Å². The molecule has 0 aliphatic heterocycles. The lowest BCUT2D eigenvalue weighted by Crippen LogP contribution is -2.16. The molecule has 1 amide bonds. The van der Waals surface area contributed by atoms with Crippen LogP contribution in [-0.4, -0.2) is 36.6 Å². The number of hydrogen-bond donors (Lipinski definition) is 3. The van der Waals surface area contributed by atoms with Gasteiger partial charge in [-0.15, -0.1) is 5.10 Å². The van der Waals surface area contributed by atoms with Gasteiger partial charge >= 0.3 is 0 Å². The van der Waals surface area contributed by atoms with Crippen LogP contribution in [0.15, 0.2) is 71.6 Å². The standard InChI is InChI=1S/C23H20FN5O4S/c1-14-10-11-17(13-19(14)24)34(31,32)29-16-7-5-6-15(12-16)22(30)26-23-25-21(27-28-23)18-8-3-4-9-20(18)33-2/h3-13,29H,1-2H3,(H2,25,26,27,28,30). The second-order valence-corrected chi connectivity index (χ2v) is 8.94. The Bertz CT molecular complexity index is 1470. The summed E-state index contributed by atoms with van der Waals surface area (Å²) in [7, 11) is -2.51. The topological polar surface area (TPSA) is 126 Å². The van der Waals surface area contributed by atoms with Gasteiger partial charge in [-0.3, -0.25) is 19.9 Å². The van der Waals surface area contributed by atoms with Crippen molar-refractivity contribution in [3.05, 3.63) is 83.7 Å². The molecule has 174 valence electrons. The smallest absolute Gasteiger partial charge is 0.261 e. The van der Waals surface area contributed by atoms with Crippen LogP contribution < -0.4 is 14.8 Å². The zero-order valence-electron chi connectivity index (χ0n) is 18.2. The number of rotatable bonds is 7. The van der Waals surface area contributed by atoms with Crippen LogP contribution in [0, 0.1) is 12.7 Å². The SMILES string of the molecule is COc1ccccc1-c1nc(NC(=O)c2cccc(NS(=O)(=O)c3ccc(C)c(F)c3)c2)n[nH]1. The Morgan fingerprint density at radius 2 is 1.85 bits per heavy atom. The van der Waals surface area contributed by atoms with Crippen LogP contribution in [0.4, 0.5) is 16.0 Å². The number of H-pyrrole nitrogens is 1. The molecule has 4 aromatic rings. The van der Waals surface area contributed by atoms with Crippen LogP contribution >= 0.6 is 0 Å². The summed E-state index contributed by atoms with van der Waals surface area (Å²) in [5, 5.41) is 9.31. The number of carbonyl (C=O) groups excluding carboxylic acids is 1. The molecule has 0 bridgehead atoms. The minimum atomic E-state index is -4.05. The molecule has 1 heterocycles. The van der Waals surface area contributed by atoms with Crippen LogP contribution in [-0.2, 0) is 10.0 Å². The summed E-state index contributed by atoms with van der Waals surface area (Å²) < 4.78 is 46.7. The van der Waals surface area contributed by atoms with Crippen molar-refractivity contribution in [2.24, 2.45) is 0 Å². The molecule has 0 spiro atoms. The second kappa shape index (κ2) is 9.32. The van der Waals surface area contributed by atoms with Crippen molar-refractivity contribution < 1.29 is 22.3 Å². The number of aromatic amines is 1. The first-order valence-electron chi connectivity index (χ1n) is 10.0. The van der Waals surface area contributed by atoms with Gasteiger partial charge in [-0.1, -0.05) is 24.3 Å². The van der Waals surface area contributed by atoms with Gasteiger partial charge in [-0.05, 0) is 55.0 Å². The lowest BCUT2D eigenvalue weighted by atomic mass is 10.2. The molecule has 34 heavy (non-hydrogen) atoms. The maximum Gasteiger partial charge on any atom is 0.261 e. The van der Waals surface area contributed by atoms with E-state index in [1.54, 1.807) is 12.1 Å². The Morgan fingerprint density at radius 3 is 2.62 bits per heavy atom. The van der Waals surface area contributed by atoms with Crippen molar-refractivity contribution in [2.45, 2.75) is 11.8 Å². The third kappa shape index (κ3) is 4.89. The monoisotopic (exact) mass is 481 g/mol. The highest BCUT2D eigenvalue weighted by molar-refractivity contribution is 7.92. The number of amides is 1. The molecule has 3 N–H and O–H groups in total. The number of halogens is 1. The van der Waals surface area contributed by atoms with Gasteiger partial charge in [-0.25, -0.2) is 12.8 Å². The summed E-state index contributed by atoms with van der Waals surface area (Å²) in [6.07, 6.45) is 0. The predicted octanol–water partition coefficient (Wildman–Crippen LogP) is 3.98. The summed E-state index contributed by atoms with van der Waals surface area (Å²) in [6, 6.07) is 16.7. The number of para-hydroxylation sites is 1. The Morgan fingerprint density at radius 1 is 1.06 bits per heavy atom. The first kappa shape index (κ1) is 22.9. The first-order chi connectivity index (χ1) is 16.3. The number of sulfonamides is 1. The highest BCUT2D eigenvalue weighted by atomic mass is 32.2. The lowest BCUT2D eigenvalue weighted by molar-refractivity contribution is 0.102. The molecule has 4 rings (SSSR count). The van der Waals surface area contributed by atoms with Gasteiger partial charge in [0.25, 0.3) is 15.9 Å². The fraction of sp³-hybridized carbons (Fsp3) is 0.0870. The second-order valence-electron chi connectivity index (χ2n) is 7.26. The number of hydrogen-bond acceptors (Lipinski definition) is 6. The molecule has 0 saturated carbocycles. The number of aromatic nitrogens is 3. The number of anilines is 2. The van der Waals surface area contributed by atoms with E-state index in [4.69, 9.17) is 4.74 Å². The Kier molecular flexibility index (Phi) is 6.28. The maximum atomic E-state index is 13.8. The summed E-state index contributed by atoms with van der Waals surface area (Å²) >= 11 is 0. The number of nitrogens with one attached hydrogen (secondary N) is 3. The maximum absolute atomic E-state index is 13.8. The van der Waals surface area contributed by atoms with Crippen molar-refractivity contribution >= 4 is 27.6 Å². The minimum Gasteiger partial charge on any atom is -0.496 e. The van der Waals surface area contributed by atoms with E-state index in [1.807, 2.05) is 12.1 Å². The zero-order chi connectivity index (χ0) is 24.3. The van der Waals surface area contributed by atoms with Gasteiger partial charge < -0.3 is 4.74 Å². The number of nitrogens with zero attached hydrogens (tertiary/aromatic N) is 2. The van der Waals surface area contributed by atoms with Crippen LogP contribution in [0.25, 0.3) is 11.4 Å². The third-order valence-corrected chi connectivity index (χ3v) is 6.28. The molecular formula is C23H20FN5O4S. The van der Waals surface area contributed by atoms with Gasteiger partial charge in [0.05, 0.1) is 17.6 Å². The average Bonchev–Trinajstić information content (AvgIpc) is 3.28. The van der Waals surface area contributed by atoms with Gasteiger partial charge in [-0.2, -0.15) is 4.98 Å². The fourth-order valence-corrected chi connectivity index (χ4v) is 4.19. The molecule has 0 unspecified atom stereocenters. The van der Waals surface area contributed by atoms with Crippen LogP contribution in [0.1, 0.15) is 15.9 Å². The van der Waals surface area contributed by atoms with E-state index >= 15 is 0 Å². The van der Waals surface area contributed by atoms with Crippen molar-refractivity contribution in [1.29, 1.82) is 0 Å². The van der Waals surface area contributed by atoms with Crippen molar-refractivity contribution in [3.8, 4) is 17.1 Å². The van der Waals surface area contributed by atoms with E-state index in [2.05, 4.69) is 25.2 Å². The molecule has 3 aromatic carbocycles. The highest BCUT2D eigenvalue weighted by Gasteiger charge is 2.18. The van der Waals surface area contributed by atoms with E-state index in [1.165, 1.54) is 50.4 Å². The molecule has 11 heteroatoms. The summed E-state index contributed by atoms with van der Waals surface area (Å²) in [4.78, 5) is 16.7. The summed E-state index contributed by atoms with van der Waals surface area (Å²) in [5.41, 5.74) is 1.30. The first-order valence-corrected chi connectivity index (χ1v) is 11.5. The van der Waals surface area contributed by atoms with E-state index in [0.717, 1.165) is 6.07 Å².